The largest absolute Gasteiger partial charge is 0.311 e. The number of nitrogens with zero attached hydrogens (tertiary/aromatic N) is 2. The predicted molar refractivity (Wildman–Crippen MR) is 73.1 cm³/mol. The summed E-state index contributed by atoms with van der Waals surface area (Å²) in [6, 6.07) is 7.56. The van der Waals surface area contributed by atoms with Crippen LogP contribution in [0.5, 0.6) is 0 Å². The normalized spacial score (nSPS) is 10.3. The number of aryl methyl sites for hydroxylation is 1. The zero-order chi connectivity index (χ0) is 14.0. The molecule has 0 saturated carbocycles. The van der Waals surface area contributed by atoms with Crippen LogP contribution in [0, 0.1) is 12.7 Å². The first-order chi connectivity index (χ1) is 9.00. The quantitative estimate of drug-likeness (QED) is 0.843. The van der Waals surface area contributed by atoms with E-state index in [0.717, 1.165) is 0 Å². The lowest BCUT2D eigenvalue weighted by molar-refractivity contribution is 0.0992. The highest BCUT2D eigenvalue weighted by atomic mass is 35.5. The highest BCUT2D eigenvalue weighted by Gasteiger charge is 2.16. The van der Waals surface area contributed by atoms with E-state index >= 15 is 0 Å². The van der Waals surface area contributed by atoms with Crippen molar-refractivity contribution in [2.24, 2.45) is 0 Å². The maximum Gasteiger partial charge on any atom is 0.259 e. The Labute approximate surface area is 115 Å². The number of hydrogen-bond donors (Lipinski definition) is 0. The Morgan fingerprint density at radius 1 is 1.37 bits per heavy atom. The fourth-order valence-corrected chi connectivity index (χ4v) is 1.88. The third kappa shape index (κ3) is 2.74. The van der Waals surface area contributed by atoms with Gasteiger partial charge in [0.1, 0.15) is 5.82 Å². The van der Waals surface area contributed by atoms with Gasteiger partial charge >= 0.3 is 0 Å². The van der Waals surface area contributed by atoms with Gasteiger partial charge in [-0.1, -0.05) is 11.6 Å². The fourth-order valence-electron chi connectivity index (χ4n) is 1.70. The summed E-state index contributed by atoms with van der Waals surface area (Å²) in [6.07, 6.45) is 1.63. The van der Waals surface area contributed by atoms with Gasteiger partial charge in [-0.15, -0.1) is 0 Å². The first-order valence-corrected chi connectivity index (χ1v) is 6.03. The second-order valence-corrected chi connectivity index (χ2v) is 4.51. The van der Waals surface area contributed by atoms with Crippen LogP contribution in [0.3, 0.4) is 0 Å². The van der Waals surface area contributed by atoms with Gasteiger partial charge in [-0.05, 0) is 37.3 Å². The van der Waals surface area contributed by atoms with Gasteiger partial charge in [0.2, 0.25) is 0 Å². The predicted octanol–water partition coefficient (Wildman–Crippen LogP) is 3.46. The molecule has 2 rings (SSSR count). The van der Waals surface area contributed by atoms with Crippen LogP contribution in [0.15, 0.2) is 36.5 Å². The standard InChI is InChI=1S/C14H12ClFN2O/c1-9-11(4-3-7-17-9)14(19)18(2)10-5-6-13(16)12(15)8-10/h3-8H,1-2H3. The number of benzene rings is 1. The molecule has 0 bridgehead atoms. The van der Waals surface area contributed by atoms with Gasteiger partial charge in [-0.3, -0.25) is 9.78 Å². The number of pyridine rings is 1. The van der Waals surface area contributed by atoms with Crippen LogP contribution in [0.2, 0.25) is 5.02 Å². The zero-order valence-corrected chi connectivity index (χ0v) is 11.3. The summed E-state index contributed by atoms with van der Waals surface area (Å²) in [5.41, 5.74) is 1.68. The van der Waals surface area contributed by atoms with Crippen LogP contribution in [0.25, 0.3) is 0 Å². The fraction of sp³-hybridized carbons (Fsp3) is 0.143. The molecule has 1 amide bonds. The Balaban J connectivity index is 2.34. The summed E-state index contributed by atoms with van der Waals surface area (Å²) in [5.74, 6) is -0.725. The van der Waals surface area contributed by atoms with Crippen molar-refractivity contribution in [3.8, 4) is 0 Å². The van der Waals surface area contributed by atoms with Crippen molar-refractivity contribution in [2.45, 2.75) is 6.92 Å². The van der Waals surface area contributed by atoms with Gasteiger partial charge < -0.3 is 4.90 Å². The Kier molecular flexibility index (Phi) is 3.81. The van der Waals surface area contributed by atoms with Crippen molar-refractivity contribution in [1.29, 1.82) is 0 Å². The third-order valence-electron chi connectivity index (χ3n) is 2.83. The molecule has 5 heteroatoms. The molecular formula is C14H12ClFN2O. The molecule has 2 aromatic rings. The Hall–Kier alpha value is -1.94. The molecule has 0 fully saturated rings. The van der Waals surface area contributed by atoms with E-state index in [0.29, 0.717) is 16.9 Å². The molecule has 1 aromatic heterocycles. The van der Waals surface area contributed by atoms with E-state index in [1.54, 1.807) is 32.3 Å². The summed E-state index contributed by atoms with van der Waals surface area (Å²) < 4.78 is 13.1. The number of carbonyl (C=O) groups excluding carboxylic acids is 1. The van der Waals surface area contributed by atoms with E-state index in [-0.39, 0.29) is 10.9 Å². The Morgan fingerprint density at radius 3 is 2.74 bits per heavy atom. The average Bonchev–Trinajstić information content (AvgIpc) is 2.41. The van der Waals surface area contributed by atoms with Crippen LogP contribution in [-0.4, -0.2) is 17.9 Å². The van der Waals surface area contributed by atoms with Crippen LogP contribution in [0.1, 0.15) is 16.1 Å². The molecule has 0 radical (unpaired) electrons. The topological polar surface area (TPSA) is 33.2 Å². The molecule has 1 aromatic carbocycles. The third-order valence-corrected chi connectivity index (χ3v) is 3.12. The summed E-state index contributed by atoms with van der Waals surface area (Å²) in [7, 11) is 1.61. The smallest absolute Gasteiger partial charge is 0.259 e. The van der Waals surface area contributed by atoms with Gasteiger partial charge in [0.05, 0.1) is 10.6 Å². The van der Waals surface area contributed by atoms with E-state index < -0.39 is 5.82 Å². The average molecular weight is 279 g/mol. The minimum absolute atomic E-state index is 0.0138. The number of halogens is 2. The maximum atomic E-state index is 13.1. The molecule has 0 aliphatic carbocycles. The number of hydrogen-bond acceptors (Lipinski definition) is 2. The second kappa shape index (κ2) is 5.36. The van der Waals surface area contributed by atoms with E-state index in [9.17, 15) is 9.18 Å². The molecule has 0 atom stereocenters. The molecule has 0 unspecified atom stereocenters. The van der Waals surface area contributed by atoms with E-state index in [1.165, 1.54) is 23.1 Å². The number of anilines is 1. The SMILES string of the molecule is Cc1ncccc1C(=O)N(C)c1ccc(F)c(Cl)c1. The maximum absolute atomic E-state index is 13.1. The van der Waals surface area contributed by atoms with E-state index in [1.807, 2.05) is 0 Å². The number of aromatic nitrogens is 1. The minimum atomic E-state index is -0.510. The van der Waals surface area contributed by atoms with Crippen molar-refractivity contribution in [3.05, 3.63) is 58.6 Å². The first kappa shape index (κ1) is 13.5. The number of amides is 1. The molecule has 0 aliphatic rings. The lowest BCUT2D eigenvalue weighted by Crippen LogP contribution is -2.27. The minimum Gasteiger partial charge on any atom is -0.311 e. The van der Waals surface area contributed by atoms with Gasteiger partial charge in [-0.25, -0.2) is 4.39 Å². The lowest BCUT2D eigenvalue weighted by Gasteiger charge is -2.18. The summed E-state index contributed by atoms with van der Waals surface area (Å²) in [6.45, 7) is 1.76. The van der Waals surface area contributed by atoms with Gasteiger partial charge in [0.25, 0.3) is 5.91 Å². The lowest BCUT2D eigenvalue weighted by atomic mass is 10.1. The van der Waals surface area contributed by atoms with E-state index in [2.05, 4.69) is 4.98 Å². The van der Waals surface area contributed by atoms with Crippen molar-refractivity contribution in [2.75, 3.05) is 11.9 Å². The molecular weight excluding hydrogens is 267 g/mol. The van der Waals surface area contributed by atoms with Crippen LogP contribution < -0.4 is 4.90 Å². The molecule has 0 aliphatic heterocycles. The van der Waals surface area contributed by atoms with Gasteiger partial charge in [-0.2, -0.15) is 0 Å². The zero-order valence-electron chi connectivity index (χ0n) is 10.5. The summed E-state index contributed by atoms with van der Waals surface area (Å²) in [4.78, 5) is 17.8. The molecule has 0 N–H and O–H groups in total. The van der Waals surface area contributed by atoms with Crippen molar-refractivity contribution < 1.29 is 9.18 Å². The summed E-state index contributed by atoms with van der Waals surface area (Å²) >= 11 is 5.71. The van der Waals surface area contributed by atoms with Crippen molar-refractivity contribution in [1.82, 2.24) is 4.98 Å². The molecule has 0 saturated heterocycles. The number of carbonyl (C=O) groups is 1. The van der Waals surface area contributed by atoms with Crippen LogP contribution in [-0.2, 0) is 0 Å². The van der Waals surface area contributed by atoms with Gasteiger partial charge in [0.15, 0.2) is 0 Å². The molecule has 0 spiro atoms. The molecule has 3 nitrogen and oxygen atoms in total. The number of rotatable bonds is 2. The van der Waals surface area contributed by atoms with Gasteiger partial charge in [0, 0.05) is 24.6 Å². The van der Waals surface area contributed by atoms with E-state index in [4.69, 9.17) is 11.6 Å². The highest BCUT2D eigenvalue weighted by Crippen LogP contribution is 2.23. The van der Waals surface area contributed by atoms with Crippen molar-refractivity contribution >= 4 is 23.2 Å². The molecule has 19 heavy (non-hydrogen) atoms. The Morgan fingerprint density at radius 2 is 2.11 bits per heavy atom. The molecule has 1 heterocycles. The highest BCUT2D eigenvalue weighted by molar-refractivity contribution is 6.31. The van der Waals surface area contributed by atoms with Crippen molar-refractivity contribution in [3.63, 3.8) is 0 Å². The van der Waals surface area contributed by atoms with Crippen LogP contribution in [0.4, 0.5) is 10.1 Å². The van der Waals surface area contributed by atoms with Crippen LogP contribution >= 0.6 is 11.6 Å². The Bertz CT molecular complexity index is 631. The second-order valence-electron chi connectivity index (χ2n) is 4.10. The first-order valence-electron chi connectivity index (χ1n) is 5.65. The monoisotopic (exact) mass is 278 g/mol. The molecule has 98 valence electrons. The summed E-state index contributed by atoms with van der Waals surface area (Å²) in [5, 5.41) is -0.0138.